The first-order valence-corrected chi connectivity index (χ1v) is 8.99. The van der Waals surface area contributed by atoms with Gasteiger partial charge in [-0.15, -0.1) is 0 Å². The Morgan fingerprint density at radius 3 is 2.38 bits per heavy atom. The molecule has 6 nitrogen and oxygen atoms in total. The van der Waals surface area contributed by atoms with E-state index >= 15 is 0 Å². The molecule has 1 amide bonds. The largest absolute Gasteiger partial charge is 0.347 e. The number of hydrogen-bond acceptors (Lipinski definition) is 4. The molecule has 2 heterocycles. The second kappa shape index (κ2) is 5.99. The van der Waals surface area contributed by atoms with Gasteiger partial charge in [-0.05, 0) is 30.7 Å². The third-order valence-corrected chi connectivity index (χ3v) is 5.95. The Balaban J connectivity index is 2.00. The zero-order valence-corrected chi connectivity index (χ0v) is 14.6. The molecule has 0 N–H and O–H groups in total. The highest BCUT2D eigenvalue weighted by atomic mass is 32.2. The van der Waals surface area contributed by atoms with Crippen LogP contribution in [0.3, 0.4) is 0 Å². The van der Waals surface area contributed by atoms with E-state index in [9.17, 15) is 13.2 Å². The van der Waals surface area contributed by atoms with Gasteiger partial charge in [-0.1, -0.05) is 23.8 Å². The van der Waals surface area contributed by atoms with Crippen LogP contribution in [0.1, 0.15) is 17.2 Å². The summed E-state index contributed by atoms with van der Waals surface area (Å²) < 4.78 is 27.2. The van der Waals surface area contributed by atoms with Gasteiger partial charge in [-0.25, -0.2) is 8.42 Å². The lowest BCUT2D eigenvalue weighted by molar-refractivity contribution is -0.128. The van der Waals surface area contributed by atoms with Crippen LogP contribution in [-0.4, -0.2) is 48.7 Å². The van der Waals surface area contributed by atoms with Crippen molar-refractivity contribution >= 4 is 15.9 Å². The summed E-state index contributed by atoms with van der Waals surface area (Å²) in [7, 11) is -0.504. The molecule has 3 atom stereocenters. The number of amides is 1. The molecule has 1 aliphatic rings. The summed E-state index contributed by atoms with van der Waals surface area (Å²) in [4.78, 5) is 18.1. The molecule has 24 heavy (non-hydrogen) atoms. The van der Waals surface area contributed by atoms with E-state index in [4.69, 9.17) is 0 Å². The minimum atomic E-state index is -3.75. The molecule has 1 fully saturated rings. The standard InChI is InChI=1S/C17H19N3O3S/c1-12-6-8-14(9-7-12)24(22,23)20-15(13-5-4-10-18-11-13)16(20)17(21)19(2)3/h4-11,15-16H,1-3H3/t15-,16+,20?/m0/s1. The molecule has 1 unspecified atom stereocenters. The van der Waals surface area contributed by atoms with E-state index in [2.05, 4.69) is 4.98 Å². The number of benzene rings is 1. The van der Waals surface area contributed by atoms with Crippen LogP contribution in [0.4, 0.5) is 0 Å². The van der Waals surface area contributed by atoms with Crippen molar-refractivity contribution in [1.29, 1.82) is 0 Å². The van der Waals surface area contributed by atoms with Gasteiger partial charge < -0.3 is 4.90 Å². The van der Waals surface area contributed by atoms with E-state index in [1.54, 1.807) is 62.9 Å². The van der Waals surface area contributed by atoms with Gasteiger partial charge in [0.1, 0.15) is 6.04 Å². The molecule has 0 bridgehead atoms. The van der Waals surface area contributed by atoms with Crippen LogP contribution in [0, 0.1) is 6.92 Å². The summed E-state index contributed by atoms with van der Waals surface area (Å²) in [6.45, 7) is 1.89. The number of nitrogens with zero attached hydrogens (tertiary/aromatic N) is 3. The predicted octanol–water partition coefficient (Wildman–Crippen LogP) is 1.59. The van der Waals surface area contributed by atoms with Crippen molar-refractivity contribution in [2.75, 3.05) is 14.1 Å². The second-order valence-electron chi connectivity index (χ2n) is 6.06. The fraction of sp³-hybridized carbons (Fsp3) is 0.294. The summed E-state index contributed by atoms with van der Waals surface area (Å²) in [5.41, 5.74) is 1.69. The molecular formula is C17H19N3O3S. The van der Waals surface area contributed by atoms with E-state index in [1.807, 2.05) is 6.92 Å². The Morgan fingerprint density at radius 1 is 1.17 bits per heavy atom. The van der Waals surface area contributed by atoms with Crippen LogP contribution < -0.4 is 0 Å². The van der Waals surface area contributed by atoms with Crippen LogP contribution in [0.25, 0.3) is 0 Å². The van der Waals surface area contributed by atoms with Gasteiger partial charge in [0.25, 0.3) is 0 Å². The molecule has 2 aromatic rings. The maximum atomic E-state index is 13.0. The molecule has 126 valence electrons. The summed E-state index contributed by atoms with van der Waals surface area (Å²) in [5, 5.41) is 0. The first-order valence-electron chi connectivity index (χ1n) is 7.55. The molecule has 0 radical (unpaired) electrons. The first kappa shape index (κ1) is 16.6. The maximum absolute atomic E-state index is 13.0. The lowest BCUT2D eigenvalue weighted by Crippen LogP contribution is -2.30. The van der Waals surface area contributed by atoms with E-state index in [-0.39, 0.29) is 10.8 Å². The lowest BCUT2D eigenvalue weighted by atomic mass is 10.1. The van der Waals surface area contributed by atoms with Crippen LogP contribution in [0.5, 0.6) is 0 Å². The van der Waals surface area contributed by atoms with E-state index < -0.39 is 22.1 Å². The van der Waals surface area contributed by atoms with Gasteiger partial charge in [0.2, 0.25) is 15.9 Å². The number of aryl methyl sites for hydroxylation is 1. The third kappa shape index (κ3) is 2.81. The van der Waals surface area contributed by atoms with Crippen LogP contribution in [0.2, 0.25) is 0 Å². The van der Waals surface area contributed by atoms with Gasteiger partial charge in [0.15, 0.2) is 0 Å². The zero-order chi connectivity index (χ0) is 17.5. The van der Waals surface area contributed by atoms with Crippen LogP contribution in [0.15, 0.2) is 53.7 Å². The van der Waals surface area contributed by atoms with Crippen molar-refractivity contribution in [2.24, 2.45) is 0 Å². The minimum Gasteiger partial charge on any atom is -0.347 e. The topological polar surface area (TPSA) is 70.3 Å². The Morgan fingerprint density at radius 2 is 1.83 bits per heavy atom. The minimum absolute atomic E-state index is 0.191. The lowest BCUT2D eigenvalue weighted by Gasteiger charge is -2.10. The van der Waals surface area contributed by atoms with Crippen molar-refractivity contribution in [3.8, 4) is 0 Å². The van der Waals surface area contributed by atoms with Gasteiger partial charge in [-0.2, -0.15) is 4.31 Å². The van der Waals surface area contributed by atoms with E-state index in [0.717, 1.165) is 5.56 Å². The molecule has 1 aromatic carbocycles. The Hall–Kier alpha value is -2.25. The number of sulfonamides is 1. The van der Waals surface area contributed by atoms with E-state index in [0.29, 0.717) is 5.56 Å². The molecule has 7 heteroatoms. The van der Waals surface area contributed by atoms with Crippen LogP contribution in [-0.2, 0) is 14.8 Å². The number of carbonyl (C=O) groups excluding carboxylic acids is 1. The summed E-state index contributed by atoms with van der Waals surface area (Å²) >= 11 is 0. The number of pyridine rings is 1. The number of rotatable bonds is 4. The quantitative estimate of drug-likeness (QED) is 0.789. The Kier molecular flexibility index (Phi) is 4.15. The van der Waals surface area contributed by atoms with Crippen molar-refractivity contribution in [3.05, 3.63) is 59.9 Å². The van der Waals surface area contributed by atoms with Gasteiger partial charge in [0, 0.05) is 26.5 Å². The highest BCUT2D eigenvalue weighted by Crippen LogP contribution is 2.48. The van der Waals surface area contributed by atoms with Crippen molar-refractivity contribution in [1.82, 2.24) is 14.2 Å². The highest BCUT2D eigenvalue weighted by molar-refractivity contribution is 7.89. The van der Waals surface area contributed by atoms with Gasteiger partial charge >= 0.3 is 0 Å². The number of aromatic nitrogens is 1. The number of carbonyl (C=O) groups is 1. The fourth-order valence-corrected chi connectivity index (χ4v) is 4.44. The summed E-state index contributed by atoms with van der Waals surface area (Å²) in [6, 6.07) is 8.92. The molecule has 0 saturated carbocycles. The third-order valence-electron chi connectivity index (χ3n) is 4.07. The SMILES string of the molecule is Cc1ccc(S(=O)(=O)N2[C@@H](C(=O)N(C)C)[C@@H]2c2cccnc2)cc1. The smallest absolute Gasteiger partial charge is 0.244 e. The summed E-state index contributed by atoms with van der Waals surface area (Å²) in [6.07, 6.45) is 3.22. The molecule has 3 rings (SSSR count). The van der Waals surface area contributed by atoms with Crippen molar-refractivity contribution in [3.63, 3.8) is 0 Å². The molecule has 1 aliphatic heterocycles. The molecule has 1 aromatic heterocycles. The number of hydrogen-bond donors (Lipinski definition) is 0. The maximum Gasteiger partial charge on any atom is 0.244 e. The fourth-order valence-electron chi connectivity index (χ4n) is 2.73. The molecular weight excluding hydrogens is 326 g/mol. The molecule has 0 aliphatic carbocycles. The highest BCUT2D eigenvalue weighted by Gasteiger charge is 2.60. The van der Waals surface area contributed by atoms with Crippen molar-refractivity contribution in [2.45, 2.75) is 23.9 Å². The second-order valence-corrected chi connectivity index (χ2v) is 7.90. The van der Waals surface area contributed by atoms with Gasteiger partial charge in [-0.3, -0.25) is 9.78 Å². The Bertz CT molecular complexity index is 848. The van der Waals surface area contributed by atoms with Crippen LogP contribution >= 0.6 is 0 Å². The van der Waals surface area contributed by atoms with Gasteiger partial charge in [0.05, 0.1) is 10.9 Å². The predicted molar refractivity (Wildman–Crippen MR) is 89.7 cm³/mol. The monoisotopic (exact) mass is 345 g/mol. The Labute approximate surface area is 141 Å². The summed E-state index contributed by atoms with van der Waals surface area (Å²) in [5.74, 6) is -0.237. The molecule has 1 saturated heterocycles. The van der Waals surface area contributed by atoms with Crippen molar-refractivity contribution < 1.29 is 13.2 Å². The number of likely N-dealkylation sites (N-methyl/N-ethyl adjacent to an activating group) is 1. The normalized spacial score (nSPS) is 22.9. The first-order chi connectivity index (χ1) is 11.3. The van der Waals surface area contributed by atoms with E-state index in [1.165, 1.54) is 9.21 Å². The average molecular weight is 345 g/mol. The molecule has 0 spiro atoms. The average Bonchev–Trinajstić information content (AvgIpc) is 3.31. The zero-order valence-electron chi connectivity index (χ0n) is 13.7.